The average molecular weight is 1330 g/mol. The largest absolute Gasteiger partial charge is 0.477 e. The number of hydrogen-bond donors (Lipinski definition) is 6. The summed E-state index contributed by atoms with van der Waals surface area (Å²) >= 11 is 0. The highest BCUT2D eigenvalue weighted by atomic mass is 32.2. The highest BCUT2D eigenvalue weighted by Gasteiger charge is 2.78. The van der Waals surface area contributed by atoms with Crippen molar-refractivity contribution in [1.82, 2.24) is 20.9 Å². The van der Waals surface area contributed by atoms with Crippen molar-refractivity contribution in [1.29, 1.82) is 0 Å². The van der Waals surface area contributed by atoms with Gasteiger partial charge in [0.2, 0.25) is 12.0 Å². The molecule has 6 aliphatic rings. The van der Waals surface area contributed by atoms with E-state index in [0.717, 1.165) is 18.7 Å². The molecule has 14 atom stereocenters. The van der Waals surface area contributed by atoms with E-state index in [4.69, 9.17) is 33.2 Å². The second-order valence-electron chi connectivity index (χ2n) is 25.0. The summed E-state index contributed by atoms with van der Waals surface area (Å²) in [6.45, 7) is 6.52. The molecule has 2 saturated heterocycles. The van der Waals surface area contributed by atoms with E-state index in [0.29, 0.717) is 5.56 Å². The van der Waals surface area contributed by atoms with Crippen LogP contribution >= 0.6 is 0 Å². The van der Waals surface area contributed by atoms with Gasteiger partial charge in [0.15, 0.2) is 17.5 Å². The Morgan fingerprint density at radius 1 is 0.811 bits per heavy atom. The van der Waals surface area contributed by atoms with E-state index in [-0.39, 0.29) is 59.2 Å². The molecule has 26 nitrogen and oxygen atoms in total. The third kappa shape index (κ3) is 13.1. The molecule has 2 bridgehead atoms. The van der Waals surface area contributed by atoms with E-state index < -0.39 is 196 Å². The Balaban J connectivity index is 0.927. The van der Waals surface area contributed by atoms with Crippen molar-refractivity contribution in [3.05, 3.63) is 166 Å². The number of carboxylic acid groups (broad SMARTS) is 1. The molecular formula is C68H72N4O22S. The predicted octanol–water partition coefficient (Wildman–Crippen LogP) is 3.79. The topological polar surface area (TPSA) is 369 Å². The molecule has 1 unspecified atom stereocenters. The first-order valence-corrected chi connectivity index (χ1v) is 32.1. The number of esters is 5. The molecule has 6 N–H and O–H groups in total. The molecule has 3 heterocycles. The highest BCUT2D eigenvalue weighted by molar-refractivity contribution is 7.86. The van der Waals surface area contributed by atoms with Crippen LogP contribution in [0.2, 0.25) is 0 Å². The number of benzene rings is 4. The van der Waals surface area contributed by atoms with Crippen molar-refractivity contribution in [2.24, 2.45) is 16.7 Å². The standard InChI is InChI=1S/C68H72N4O22S/c1-36-44(32-68(86)57(93-62(83)42-26-17-10-18-27-42)55-66(6,45(75)31-46-67(55,35-89-46)94-38(3)74)56(78)53(90-37(2)73)49(36)65(68,4)5)91-63(84)54(50(40-22-13-8-14-23-40)71-58(79)41-24-15-9-16-25-41)92-48(77)28-19-29-69-64(85)88-33-43-34-95(87)60-51(59(80)72(60)52(43)61(81)82)70-47(76)30-39-20-11-7-12-21-39/h7-18,20-27,44-46,50-51,53-55,57,60,75,86H,19,28-35H2,1-6H3,(H,69,85)(H,70,76)(H,71,79)(H,81,82)/t44-,45-,46+,50-,51+,53+,54+,55-,57-,60+,66+,67-,68+,95?/m0/s1. The first-order valence-electron chi connectivity index (χ1n) is 30.7. The van der Waals surface area contributed by atoms with Gasteiger partial charge in [0.1, 0.15) is 53.7 Å². The number of ketones is 1. The number of nitrogens with one attached hydrogen (secondary N) is 3. The van der Waals surface area contributed by atoms with Crippen molar-refractivity contribution in [3.63, 3.8) is 0 Å². The SMILES string of the molecule is CC(=O)O[C@H]1C(=O)[C@@]2(C)[C@H]([C@H](OC(=O)c3ccccc3)[C@]3(O)C[C@H](OC(=O)[C@H](OC(=O)CCCNC(=O)OCC4=C(C(=O)O)N5C(=O)[C@@H](NC(=O)Cc6ccccc6)[C@H]5S(=O)C4)[C@@H](NC(=O)c4ccccc4)c4ccccc4)C(C)=C1C3(C)C)[C@]1(OC(C)=O)CO[C@@H]1C[C@@H]2O. The molecule has 0 radical (unpaired) electrons. The number of aliphatic hydroxyl groups is 2. The minimum atomic E-state index is -2.57. The third-order valence-corrected chi connectivity index (χ3v) is 20.5. The first-order chi connectivity index (χ1) is 45.1. The van der Waals surface area contributed by atoms with Gasteiger partial charge in [-0.25, -0.2) is 19.2 Å². The second kappa shape index (κ2) is 27.5. The lowest BCUT2D eigenvalue weighted by Gasteiger charge is -2.67. The van der Waals surface area contributed by atoms with Gasteiger partial charge in [0, 0.05) is 56.2 Å². The van der Waals surface area contributed by atoms with Crippen molar-refractivity contribution in [2.45, 2.75) is 139 Å². The summed E-state index contributed by atoms with van der Waals surface area (Å²) in [5.41, 5.74) is -8.27. The lowest BCUT2D eigenvalue weighted by molar-refractivity contribution is -0.346. The Bertz CT molecular complexity index is 3810. The molecule has 3 aliphatic carbocycles. The molecule has 4 amide bonds. The summed E-state index contributed by atoms with van der Waals surface area (Å²) in [7, 11) is -1.94. The number of Topliss-reactive ketones (excluding diaryl/α,β-unsaturated/α-hetero) is 1. The number of carbonyl (C=O) groups is 11. The third-order valence-electron chi connectivity index (χ3n) is 18.9. The fourth-order valence-electron chi connectivity index (χ4n) is 14.1. The lowest BCUT2D eigenvalue weighted by atomic mass is 9.44. The average Bonchev–Trinajstić information content (AvgIpc) is 0.670. The van der Waals surface area contributed by atoms with Gasteiger partial charge in [-0.15, -0.1) is 0 Å². The van der Waals surface area contributed by atoms with Gasteiger partial charge in [0.05, 0.1) is 52.6 Å². The van der Waals surface area contributed by atoms with Crippen molar-refractivity contribution >= 4 is 76.2 Å². The summed E-state index contributed by atoms with van der Waals surface area (Å²) < 4.78 is 55.8. The van der Waals surface area contributed by atoms with E-state index in [2.05, 4.69) is 16.0 Å². The van der Waals surface area contributed by atoms with Crippen LogP contribution in [-0.2, 0) is 88.7 Å². The van der Waals surface area contributed by atoms with E-state index in [1.165, 1.54) is 64.1 Å². The number of ether oxygens (including phenoxy) is 7. The Morgan fingerprint density at radius 2 is 1.43 bits per heavy atom. The fourth-order valence-corrected chi connectivity index (χ4v) is 15.7. The molecule has 27 heteroatoms. The van der Waals surface area contributed by atoms with Crippen LogP contribution in [0, 0.1) is 16.7 Å². The predicted molar refractivity (Wildman–Crippen MR) is 331 cm³/mol. The molecule has 4 fully saturated rings. The quantitative estimate of drug-likeness (QED) is 0.0227. The van der Waals surface area contributed by atoms with Gasteiger partial charge in [-0.2, -0.15) is 0 Å². The zero-order chi connectivity index (χ0) is 68.5. The number of aliphatic carboxylic acids is 1. The molecule has 4 aromatic rings. The number of fused-ring (bicyclic) bond motifs is 6. The maximum absolute atomic E-state index is 15.9. The molecule has 4 aromatic carbocycles. The Labute approximate surface area is 547 Å². The summed E-state index contributed by atoms with van der Waals surface area (Å²) in [4.78, 5) is 154. The highest BCUT2D eigenvalue weighted by Crippen LogP contribution is 2.64. The van der Waals surface area contributed by atoms with Crippen LogP contribution in [0.3, 0.4) is 0 Å². The number of nitrogens with zero attached hydrogens (tertiary/aromatic N) is 1. The number of carboxylic acids is 1. The van der Waals surface area contributed by atoms with Gasteiger partial charge in [-0.05, 0) is 66.8 Å². The molecule has 3 aliphatic heterocycles. The van der Waals surface area contributed by atoms with Crippen LogP contribution in [0.1, 0.15) is 105 Å². The van der Waals surface area contributed by atoms with Gasteiger partial charge >= 0.3 is 41.9 Å². The summed E-state index contributed by atoms with van der Waals surface area (Å²) in [5.74, 6) is -12.0. The summed E-state index contributed by atoms with van der Waals surface area (Å²) in [5, 5.41) is 43.2. The minimum absolute atomic E-state index is 0.0104. The molecule has 2 saturated carbocycles. The molecule has 0 spiro atoms. The molecule has 10 rings (SSSR count). The van der Waals surface area contributed by atoms with Crippen LogP contribution in [0.15, 0.2) is 144 Å². The van der Waals surface area contributed by atoms with Gasteiger partial charge < -0.3 is 64.4 Å². The lowest BCUT2D eigenvalue weighted by Crippen LogP contribution is -2.82. The minimum Gasteiger partial charge on any atom is -0.477 e. The maximum Gasteiger partial charge on any atom is 0.407 e. The zero-order valence-corrected chi connectivity index (χ0v) is 53.5. The van der Waals surface area contributed by atoms with Crippen molar-refractivity contribution in [2.75, 3.05) is 25.5 Å². The van der Waals surface area contributed by atoms with E-state index in [1.807, 2.05) is 0 Å². The van der Waals surface area contributed by atoms with Crippen molar-refractivity contribution in [3.8, 4) is 0 Å². The zero-order valence-electron chi connectivity index (χ0n) is 52.6. The van der Waals surface area contributed by atoms with Gasteiger partial charge in [0.25, 0.3) is 11.8 Å². The number of rotatable bonds is 21. The number of β-lactam (4-membered cyclic amide) rings is 1. The fraction of sp³-hybridized carbons (Fsp3) is 0.426. The van der Waals surface area contributed by atoms with Crippen LogP contribution < -0.4 is 16.0 Å². The van der Waals surface area contributed by atoms with E-state index in [9.17, 15) is 62.7 Å². The molecule has 0 aromatic heterocycles. The van der Waals surface area contributed by atoms with Crippen LogP contribution in [0.5, 0.6) is 0 Å². The monoisotopic (exact) mass is 1330 g/mol. The molecule has 95 heavy (non-hydrogen) atoms. The van der Waals surface area contributed by atoms with Crippen molar-refractivity contribution < 1.29 is 105 Å². The second-order valence-corrected chi connectivity index (χ2v) is 26.5. The number of amides is 4. The smallest absolute Gasteiger partial charge is 0.407 e. The van der Waals surface area contributed by atoms with E-state index >= 15 is 9.59 Å². The number of hydrogen-bond acceptors (Lipinski definition) is 21. The van der Waals surface area contributed by atoms with Gasteiger partial charge in [-0.3, -0.25) is 42.7 Å². The number of alkyl carbamates (subject to hydrolysis) is 1. The maximum atomic E-state index is 15.9. The number of carbonyl (C=O) groups excluding carboxylic acids is 10. The van der Waals surface area contributed by atoms with Crippen LogP contribution in [-0.4, -0.2) is 175 Å². The molecular weight excluding hydrogens is 1260 g/mol. The van der Waals surface area contributed by atoms with Gasteiger partial charge in [-0.1, -0.05) is 111 Å². The van der Waals surface area contributed by atoms with Crippen LogP contribution in [0.25, 0.3) is 0 Å². The Kier molecular flexibility index (Phi) is 19.8. The van der Waals surface area contributed by atoms with E-state index in [1.54, 1.807) is 84.9 Å². The summed E-state index contributed by atoms with van der Waals surface area (Å²) in [6.07, 6.45) is -13.5. The summed E-state index contributed by atoms with van der Waals surface area (Å²) in [6, 6.07) is 29.2. The Morgan fingerprint density at radius 3 is 2.03 bits per heavy atom. The van der Waals surface area contributed by atoms with Crippen LogP contribution in [0.4, 0.5) is 4.79 Å². The number of aliphatic hydroxyl groups excluding tert-OH is 1. The molecule has 502 valence electrons. The first kappa shape index (κ1) is 68.4. The normalized spacial score (nSPS) is 28.4. The Hall–Kier alpha value is -9.44.